The van der Waals surface area contributed by atoms with Crippen LogP contribution in [0.5, 0.6) is 11.5 Å². The molecule has 1 fully saturated rings. The van der Waals surface area contributed by atoms with E-state index in [1.165, 1.54) is 0 Å². The van der Waals surface area contributed by atoms with Crippen molar-refractivity contribution >= 4 is 5.97 Å². The molecule has 0 bridgehead atoms. The fraction of sp³-hybridized carbons (Fsp3) is 0.611. The molecule has 134 valence electrons. The number of benzene rings is 1. The lowest BCUT2D eigenvalue weighted by Crippen LogP contribution is -2.28. The predicted molar refractivity (Wildman–Crippen MR) is 88.7 cm³/mol. The first kappa shape index (κ1) is 18.5. The smallest absolute Gasteiger partial charge is 0.338 e. The van der Waals surface area contributed by atoms with E-state index in [-0.39, 0.29) is 18.7 Å². The average molecular weight is 338 g/mol. The summed E-state index contributed by atoms with van der Waals surface area (Å²) in [6.45, 7) is 6.23. The summed E-state index contributed by atoms with van der Waals surface area (Å²) in [4.78, 5) is 12.6. The van der Waals surface area contributed by atoms with Crippen LogP contribution in [-0.2, 0) is 20.8 Å². The van der Waals surface area contributed by atoms with Crippen LogP contribution in [0, 0.1) is 0 Å². The van der Waals surface area contributed by atoms with E-state index in [0.29, 0.717) is 42.4 Å². The normalized spacial score (nSPS) is 17.4. The van der Waals surface area contributed by atoms with Crippen molar-refractivity contribution in [2.75, 3.05) is 33.5 Å². The molecule has 6 heteroatoms. The van der Waals surface area contributed by atoms with E-state index in [9.17, 15) is 4.79 Å². The summed E-state index contributed by atoms with van der Waals surface area (Å²) in [5.41, 5.74) is 1.15. The summed E-state index contributed by atoms with van der Waals surface area (Å²) in [5, 5.41) is 0. The molecule has 0 aromatic heterocycles. The standard InChI is InChI=1S/C18H26O6/c1-4-22-16-9-13(11-20-3)15(10-17(16)23-5-2)18(19)24-14-7-6-8-21-12-14/h9-10,14H,4-8,11-12H2,1-3H3. The maximum atomic E-state index is 12.6. The molecule has 0 aliphatic carbocycles. The highest BCUT2D eigenvalue weighted by Crippen LogP contribution is 2.32. The molecule has 1 aliphatic rings. The third-order valence-electron chi connectivity index (χ3n) is 3.68. The lowest BCUT2D eigenvalue weighted by Gasteiger charge is -2.23. The highest BCUT2D eigenvalue weighted by Gasteiger charge is 2.23. The van der Waals surface area contributed by atoms with Gasteiger partial charge in [-0.1, -0.05) is 0 Å². The number of carbonyl (C=O) groups is 1. The lowest BCUT2D eigenvalue weighted by atomic mass is 10.1. The topological polar surface area (TPSA) is 63.2 Å². The van der Waals surface area contributed by atoms with Crippen LogP contribution in [0.15, 0.2) is 12.1 Å². The molecule has 0 radical (unpaired) electrons. The molecule has 1 aromatic rings. The molecule has 24 heavy (non-hydrogen) atoms. The zero-order valence-corrected chi connectivity index (χ0v) is 14.6. The zero-order chi connectivity index (χ0) is 17.4. The first-order valence-corrected chi connectivity index (χ1v) is 8.39. The quantitative estimate of drug-likeness (QED) is 0.679. The summed E-state index contributed by atoms with van der Waals surface area (Å²) < 4.78 is 27.4. The van der Waals surface area contributed by atoms with E-state index in [0.717, 1.165) is 19.4 Å². The van der Waals surface area contributed by atoms with Crippen molar-refractivity contribution in [3.63, 3.8) is 0 Å². The molecule has 0 saturated carbocycles. The molecule has 0 amide bonds. The van der Waals surface area contributed by atoms with Gasteiger partial charge in [-0.2, -0.15) is 0 Å². The van der Waals surface area contributed by atoms with Crippen molar-refractivity contribution in [2.45, 2.75) is 39.4 Å². The predicted octanol–water partition coefficient (Wildman–Crippen LogP) is 2.97. The SMILES string of the molecule is CCOc1cc(COC)c(C(=O)OC2CCCOC2)cc1OCC. The number of esters is 1. The summed E-state index contributed by atoms with van der Waals surface area (Å²) in [6, 6.07) is 3.46. The van der Waals surface area contributed by atoms with Crippen LogP contribution in [0.1, 0.15) is 42.6 Å². The van der Waals surface area contributed by atoms with Crippen LogP contribution in [0.25, 0.3) is 0 Å². The third-order valence-corrected chi connectivity index (χ3v) is 3.68. The maximum absolute atomic E-state index is 12.6. The van der Waals surface area contributed by atoms with Gasteiger partial charge in [0.05, 0.1) is 32.0 Å². The second kappa shape index (κ2) is 9.49. The number of ether oxygens (including phenoxy) is 5. The van der Waals surface area contributed by atoms with Crippen molar-refractivity contribution in [3.05, 3.63) is 23.3 Å². The average Bonchev–Trinajstić information content (AvgIpc) is 2.58. The minimum atomic E-state index is -0.387. The Hall–Kier alpha value is -1.79. The molecular weight excluding hydrogens is 312 g/mol. The Balaban J connectivity index is 2.26. The van der Waals surface area contributed by atoms with Crippen molar-refractivity contribution in [3.8, 4) is 11.5 Å². The first-order chi connectivity index (χ1) is 11.7. The van der Waals surface area contributed by atoms with Gasteiger partial charge < -0.3 is 23.7 Å². The lowest BCUT2D eigenvalue weighted by molar-refractivity contribution is -0.0307. The van der Waals surface area contributed by atoms with Crippen molar-refractivity contribution in [1.82, 2.24) is 0 Å². The van der Waals surface area contributed by atoms with Gasteiger partial charge in [0, 0.05) is 13.7 Å². The molecule has 1 aliphatic heterocycles. The molecular formula is C18H26O6. The van der Waals surface area contributed by atoms with Crippen LogP contribution in [0.4, 0.5) is 0 Å². The number of rotatable bonds is 8. The summed E-state index contributed by atoms with van der Waals surface area (Å²) in [6.07, 6.45) is 1.51. The van der Waals surface area contributed by atoms with Gasteiger partial charge in [0.1, 0.15) is 6.10 Å². The Morgan fingerprint density at radius 1 is 1.21 bits per heavy atom. The van der Waals surface area contributed by atoms with Crippen molar-refractivity contribution in [1.29, 1.82) is 0 Å². The van der Waals surface area contributed by atoms with Gasteiger partial charge in [0.2, 0.25) is 0 Å². The van der Waals surface area contributed by atoms with Crippen LogP contribution in [0.3, 0.4) is 0 Å². The molecule has 0 N–H and O–H groups in total. The Bertz CT molecular complexity index is 537. The third kappa shape index (κ3) is 4.85. The van der Waals surface area contributed by atoms with E-state index in [2.05, 4.69) is 0 Å². The summed E-state index contributed by atoms with van der Waals surface area (Å²) in [5.74, 6) is 0.747. The molecule has 2 rings (SSSR count). The van der Waals surface area contributed by atoms with Gasteiger partial charge in [-0.15, -0.1) is 0 Å². The van der Waals surface area contributed by atoms with Crippen molar-refractivity contribution in [2.24, 2.45) is 0 Å². The molecule has 1 saturated heterocycles. The van der Waals surface area contributed by atoms with Gasteiger partial charge >= 0.3 is 5.97 Å². The number of methoxy groups -OCH3 is 1. The second-order valence-corrected chi connectivity index (χ2v) is 5.50. The van der Waals surface area contributed by atoms with Gasteiger partial charge in [0.25, 0.3) is 0 Å². The first-order valence-electron chi connectivity index (χ1n) is 8.39. The van der Waals surface area contributed by atoms with E-state index < -0.39 is 0 Å². The molecule has 1 unspecified atom stereocenters. The number of hydrogen-bond acceptors (Lipinski definition) is 6. The molecule has 6 nitrogen and oxygen atoms in total. The van der Waals surface area contributed by atoms with Gasteiger partial charge in [-0.05, 0) is 44.4 Å². The highest BCUT2D eigenvalue weighted by atomic mass is 16.6. The van der Waals surface area contributed by atoms with E-state index in [1.807, 2.05) is 13.8 Å². The van der Waals surface area contributed by atoms with E-state index in [4.69, 9.17) is 23.7 Å². The Morgan fingerprint density at radius 3 is 2.50 bits per heavy atom. The van der Waals surface area contributed by atoms with E-state index >= 15 is 0 Å². The Kier molecular flexibility index (Phi) is 7.34. The summed E-state index contributed by atoms with van der Waals surface area (Å²) in [7, 11) is 1.58. The molecule has 1 aromatic carbocycles. The highest BCUT2D eigenvalue weighted by molar-refractivity contribution is 5.92. The van der Waals surface area contributed by atoms with Crippen LogP contribution < -0.4 is 9.47 Å². The molecule has 0 spiro atoms. The van der Waals surface area contributed by atoms with Gasteiger partial charge in [-0.25, -0.2) is 4.79 Å². The number of carbonyl (C=O) groups excluding carboxylic acids is 1. The Labute approximate surface area is 143 Å². The van der Waals surface area contributed by atoms with Crippen LogP contribution in [-0.4, -0.2) is 45.6 Å². The van der Waals surface area contributed by atoms with E-state index in [1.54, 1.807) is 19.2 Å². The minimum Gasteiger partial charge on any atom is -0.490 e. The molecule has 1 heterocycles. The largest absolute Gasteiger partial charge is 0.490 e. The Morgan fingerprint density at radius 2 is 1.92 bits per heavy atom. The minimum absolute atomic E-state index is 0.205. The van der Waals surface area contributed by atoms with Gasteiger partial charge in [-0.3, -0.25) is 0 Å². The van der Waals surface area contributed by atoms with Crippen LogP contribution >= 0.6 is 0 Å². The van der Waals surface area contributed by atoms with Gasteiger partial charge in [0.15, 0.2) is 11.5 Å². The fourth-order valence-electron chi connectivity index (χ4n) is 2.62. The maximum Gasteiger partial charge on any atom is 0.338 e. The zero-order valence-electron chi connectivity index (χ0n) is 14.6. The van der Waals surface area contributed by atoms with Crippen LogP contribution in [0.2, 0.25) is 0 Å². The van der Waals surface area contributed by atoms with Crippen molar-refractivity contribution < 1.29 is 28.5 Å². The fourth-order valence-corrected chi connectivity index (χ4v) is 2.62. The second-order valence-electron chi connectivity index (χ2n) is 5.50. The number of hydrogen-bond donors (Lipinski definition) is 0. The molecule has 1 atom stereocenters. The monoisotopic (exact) mass is 338 g/mol. The summed E-state index contributed by atoms with van der Waals surface area (Å²) >= 11 is 0.